The SMILES string of the molecule is CC(C)CC(O)CCCOC(C)C. The van der Waals surface area contributed by atoms with Gasteiger partial charge in [-0.05, 0) is 39.0 Å². The smallest absolute Gasteiger partial charge is 0.0543 e. The molecule has 0 aromatic heterocycles. The number of rotatable bonds is 7. The van der Waals surface area contributed by atoms with Crippen LogP contribution in [0.3, 0.4) is 0 Å². The van der Waals surface area contributed by atoms with E-state index in [1.54, 1.807) is 0 Å². The molecular weight excluding hydrogens is 164 g/mol. The molecule has 2 nitrogen and oxygen atoms in total. The van der Waals surface area contributed by atoms with E-state index >= 15 is 0 Å². The van der Waals surface area contributed by atoms with E-state index in [-0.39, 0.29) is 6.10 Å². The van der Waals surface area contributed by atoms with Crippen LogP contribution >= 0.6 is 0 Å². The summed E-state index contributed by atoms with van der Waals surface area (Å²) < 4.78 is 5.39. The Balaban J connectivity index is 3.22. The lowest BCUT2D eigenvalue weighted by Gasteiger charge is -2.13. The quantitative estimate of drug-likeness (QED) is 0.622. The van der Waals surface area contributed by atoms with E-state index in [0.29, 0.717) is 12.0 Å². The van der Waals surface area contributed by atoms with E-state index in [9.17, 15) is 5.11 Å². The van der Waals surface area contributed by atoms with Gasteiger partial charge in [0.25, 0.3) is 0 Å². The highest BCUT2D eigenvalue weighted by Crippen LogP contribution is 2.09. The van der Waals surface area contributed by atoms with Crippen molar-refractivity contribution in [2.75, 3.05) is 6.61 Å². The third-order valence-electron chi connectivity index (χ3n) is 1.88. The highest BCUT2D eigenvalue weighted by Gasteiger charge is 2.06. The minimum atomic E-state index is -0.143. The van der Waals surface area contributed by atoms with Gasteiger partial charge in [-0.25, -0.2) is 0 Å². The van der Waals surface area contributed by atoms with Gasteiger partial charge in [-0.2, -0.15) is 0 Å². The Labute approximate surface area is 82.3 Å². The van der Waals surface area contributed by atoms with Crippen LogP contribution in [0, 0.1) is 5.92 Å². The van der Waals surface area contributed by atoms with Crippen molar-refractivity contribution in [3.8, 4) is 0 Å². The van der Waals surface area contributed by atoms with Gasteiger partial charge in [-0.3, -0.25) is 0 Å². The van der Waals surface area contributed by atoms with E-state index in [1.807, 2.05) is 13.8 Å². The monoisotopic (exact) mass is 188 g/mol. The first kappa shape index (κ1) is 12.9. The number of aliphatic hydroxyl groups excluding tert-OH is 1. The van der Waals surface area contributed by atoms with Crippen LogP contribution in [0.1, 0.15) is 47.0 Å². The molecule has 0 amide bonds. The van der Waals surface area contributed by atoms with Gasteiger partial charge in [-0.15, -0.1) is 0 Å². The number of ether oxygens (including phenoxy) is 1. The first-order valence-corrected chi connectivity index (χ1v) is 5.32. The average molecular weight is 188 g/mol. The largest absolute Gasteiger partial charge is 0.393 e. The van der Waals surface area contributed by atoms with Crippen LogP contribution in [0.2, 0.25) is 0 Å². The molecule has 0 aliphatic rings. The second kappa shape index (κ2) is 7.34. The molecule has 0 heterocycles. The first-order chi connectivity index (χ1) is 6.02. The van der Waals surface area contributed by atoms with Crippen molar-refractivity contribution < 1.29 is 9.84 Å². The zero-order chi connectivity index (χ0) is 10.3. The summed E-state index contributed by atoms with van der Waals surface area (Å²) >= 11 is 0. The highest BCUT2D eigenvalue weighted by atomic mass is 16.5. The topological polar surface area (TPSA) is 29.5 Å². The van der Waals surface area contributed by atoms with Crippen molar-refractivity contribution in [3.05, 3.63) is 0 Å². The van der Waals surface area contributed by atoms with Gasteiger partial charge in [0.05, 0.1) is 12.2 Å². The van der Waals surface area contributed by atoms with Crippen LogP contribution in [-0.2, 0) is 4.74 Å². The van der Waals surface area contributed by atoms with E-state index in [2.05, 4.69) is 13.8 Å². The molecule has 13 heavy (non-hydrogen) atoms. The van der Waals surface area contributed by atoms with Crippen LogP contribution in [0.25, 0.3) is 0 Å². The lowest BCUT2D eigenvalue weighted by Crippen LogP contribution is -2.12. The molecule has 80 valence electrons. The lowest BCUT2D eigenvalue weighted by atomic mass is 10.0. The predicted octanol–water partition coefficient (Wildman–Crippen LogP) is 2.60. The summed E-state index contributed by atoms with van der Waals surface area (Å²) in [7, 11) is 0. The standard InChI is InChI=1S/C11H24O2/c1-9(2)8-11(12)6-5-7-13-10(3)4/h9-12H,5-8H2,1-4H3. The van der Waals surface area contributed by atoms with Gasteiger partial charge in [0.15, 0.2) is 0 Å². The molecule has 1 atom stereocenters. The molecule has 0 saturated heterocycles. The Hall–Kier alpha value is -0.0800. The third-order valence-corrected chi connectivity index (χ3v) is 1.88. The normalized spacial score (nSPS) is 14.1. The second-order valence-electron chi connectivity index (χ2n) is 4.35. The molecule has 0 fully saturated rings. The minimum Gasteiger partial charge on any atom is -0.393 e. The molecule has 0 saturated carbocycles. The fraction of sp³-hybridized carbons (Fsp3) is 1.00. The van der Waals surface area contributed by atoms with E-state index in [4.69, 9.17) is 4.74 Å². The van der Waals surface area contributed by atoms with Crippen LogP contribution < -0.4 is 0 Å². The second-order valence-corrected chi connectivity index (χ2v) is 4.35. The molecule has 0 aliphatic carbocycles. The number of hydrogen-bond donors (Lipinski definition) is 1. The fourth-order valence-corrected chi connectivity index (χ4v) is 1.30. The Kier molecular flexibility index (Phi) is 7.29. The van der Waals surface area contributed by atoms with Crippen molar-refractivity contribution in [2.24, 2.45) is 5.92 Å². The summed E-state index contributed by atoms with van der Waals surface area (Å²) in [6, 6.07) is 0. The molecule has 2 heteroatoms. The molecule has 1 unspecified atom stereocenters. The van der Waals surface area contributed by atoms with E-state index < -0.39 is 0 Å². The van der Waals surface area contributed by atoms with Crippen molar-refractivity contribution in [2.45, 2.75) is 59.2 Å². The van der Waals surface area contributed by atoms with Gasteiger partial charge in [0.2, 0.25) is 0 Å². The molecule has 0 aromatic rings. The van der Waals surface area contributed by atoms with Crippen LogP contribution in [0.5, 0.6) is 0 Å². The summed E-state index contributed by atoms with van der Waals surface area (Å²) in [5.41, 5.74) is 0. The average Bonchev–Trinajstić information content (AvgIpc) is 1.96. The molecule has 0 bridgehead atoms. The number of hydrogen-bond acceptors (Lipinski definition) is 2. The zero-order valence-corrected chi connectivity index (χ0v) is 9.42. The predicted molar refractivity (Wildman–Crippen MR) is 55.8 cm³/mol. The maximum absolute atomic E-state index is 9.53. The summed E-state index contributed by atoms with van der Waals surface area (Å²) in [5.74, 6) is 0.584. The van der Waals surface area contributed by atoms with E-state index in [1.165, 1.54) is 0 Å². The molecule has 0 aliphatic heterocycles. The number of aliphatic hydroxyl groups is 1. The maximum Gasteiger partial charge on any atom is 0.0543 e. The highest BCUT2D eigenvalue weighted by molar-refractivity contribution is 4.58. The van der Waals surface area contributed by atoms with Crippen molar-refractivity contribution >= 4 is 0 Å². The first-order valence-electron chi connectivity index (χ1n) is 5.32. The molecule has 0 radical (unpaired) electrons. The van der Waals surface area contributed by atoms with Gasteiger partial charge >= 0.3 is 0 Å². The van der Waals surface area contributed by atoms with Gasteiger partial charge < -0.3 is 9.84 Å². The van der Waals surface area contributed by atoms with Gasteiger partial charge in [0.1, 0.15) is 0 Å². The molecule has 0 aromatic carbocycles. The van der Waals surface area contributed by atoms with Crippen molar-refractivity contribution in [1.82, 2.24) is 0 Å². The minimum absolute atomic E-state index is 0.143. The fourth-order valence-electron chi connectivity index (χ4n) is 1.30. The van der Waals surface area contributed by atoms with E-state index in [0.717, 1.165) is 25.9 Å². The van der Waals surface area contributed by atoms with Crippen LogP contribution in [0.15, 0.2) is 0 Å². The Morgan fingerprint density at radius 3 is 2.23 bits per heavy atom. The summed E-state index contributed by atoms with van der Waals surface area (Å²) in [6.07, 6.45) is 2.90. The van der Waals surface area contributed by atoms with Crippen molar-refractivity contribution in [1.29, 1.82) is 0 Å². The third kappa shape index (κ3) is 9.84. The Morgan fingerprint density at radius 2 is 1.77 bits per heavy atom. The zero-order valence-electron chi connectivity index (χ0n) is 9.42. The Bertz CT molecular complexity index is 111. The molecule has 1 N–H and O–H groups in total. The molecule has 0 rings (SSSR count). The Morgan fingerprint density at radius 1 is 1.15 bits per heavy atom. The summed E-state index contributed by atoms with van der Waals surface area (Å²) in [5, 5.41) is 9.53. The maximum atomic E-state index is 9.53. The van der Waals surface area contributed by atoms with Crippen LogP contribution in [0.4, 0.5) is 0 Å². The van der Waals surface area contributed by atoms with Gasteiger partial charge in [-0.1, -0.05) is 13.8 Å². The summed E-state index contributed by atoms with van der Waals surface area (Å²) in [6.45, 7) is 9.10. The van der Waals surface area contributed by atoms with Crippen molar-refractivity contribution in [3.63, 3.8) is 0 Å². The van der Waals surface area contributed by atoms with Crippen LogP contribution in [-0.4, -0.2) is 23.9 Å². The molecular formula is C11H24O2. The molecule has 0 spiro atoms. The van der Waals surface area contributed by atoms with Gasteiger partial charge in [0, 0.05) is 6.61 Å². The summed E-state index contributed by atoms with van der Waals surface area (Å²) in [4.78, 5) is 0. The lowest BCUT2D eigenvalue weighted by molar-refractivity contribution is 0.0620.